The average Bonchev–Trinajstić information content (AvgIpc) is 2.00. The van der Waals surface area contributed by atoms with Crippen molar-refractivity contribution in [3.05, 3.63) is 0 Å². The molecule has 11 heavy (non-hydrogen) atoms. The molecule has 0 aromatic heterocycles. The van der Waals surface area contributed by atoms with Gasteiger partial charge in [0.25, 0.3) is 0 Å². The highest BCUT2D eigenvalue weighted by Gasteiger charge is 1.97. The standard InChI is InChI=1S/C4H12N6O/c1-5-4(11)7-10(3)9-8-6-2/h1-3H3,(H,6,9)(H2,5,7,11). The largest absolute Gasteiger partial charge is 0.340 e. The molecule has 64 valence electrons. The van der Waals surface area contributed by atoms with Gasteiger partial charge in [0.15, 0.2) is 0 Å². The fourth-order valence-electron chi connectivity index (χ4n) is 0.345. The van der Waals surface area contributed by atoms with Crippen molar-refractivity contribution in [2.45, 2.75) is 0 Å². The van der Waals surface area contributed by atoms with Crippen LogP contribution in [0, 0.1) is 0 Å². The summed E-state index contributed by atoms with van der Waals surface area (Å²) in [6.07, 6.45) is 0. The number of hydrazine groups is 2. The molecule has 0 bridgehead atoms. The van der Waals surface area contributed by atoms with E-state index in [2.05, 4.69) is 26.6 Å². The lowest BCUT2D eigenvalue weighted by atomic mass is 11.0. The molecule has 0 fully saturated rings. The molecule has 0 unspecified atom stereocenters. The van der Waals surface area contributed by atoms with Crippen molar-refractivity contribution in [2.24, 2.45) is 10.3 Å². The Kier molecular flexibility index (Phi) is 4.74. The zero-order chi connectivity index (χ0) is 8.69. The van der Waals surface area contributed by atoms with Crippen LogP contribution in [0.5, 0.6) is 0 Å². The molecule has 0 aromatic carbocycles. The van der Waals surface area contributed by atoms with E-state index in [4.69, 9.17) is 0 Å². The number of urea groups is 1. The molecule has 0 aliphatic heterocycles. The van der Waals surface area contributed by atoms with Crippen LogP contribution in [0.3, 0.4) is 0 Å². The molecule has 0 saturated carbocycles. The van der Waals surface area contributed by atoms with Gasteiger partial charge in [0.05, 0.1) is 7.05 Å². The van der Waals surface area contributed by atoms with Crippen LogP contribution in [0.2, 0.25) is 0 Å². The first kappa shape index (κ1) is 9.63. The first-order chi connectivity index (χ1) is 5.20. The molecule has 0 radical (unpaired) electrons. The third-order valence-corrected chi connectivity index (χ3v) is 0.791. The Morgan fingerprint density at radius 3 is 2.64 bits per heavy atom. The van der Waals surface area contributed by atoms with Gasteiger partial charge in [-0.05, 0) is 0 Å². The van der Waals surface area contributed by atoms with Crippen LogP contribution in [0.15, 0.2) is 10.3 Å². The first-order valence-corrected chi connectivity index (χ1v) is 2.97. The Bertz CT molecular complexity index is 146. The molecule has 0 heterocycles. The number of hydrogen-bond acceptors (Lipinski definition) is 4. The molecule has 7 nitrogen and oxygen atoms in total. The van der Waals surface area contributed by atoms with E-state index in [0.29, 0.717) is 0 Å². The van der Waals surface area contributed by atoms with Gasteiger partial charge in [-0.15, -0.1) is 5.12 Å². The van der Waals surface area contributed by atoms with Gasteiger partial charge in [-0.3, -0.25) is 5.43 Å². The zero-order valence-electron chi connectivity index (χ0n) is 6.75. The van der Waals surface area contributed by atoms with Gasteiger partial charge >= 0.3 is 6.03 Å². The maximum absolute atomic E-state index is 10.6. The lowest BCUT2D eigenvalue weighted by Crippen LogP contribution is -2.48. The maximum atomic E-state index is 10.6. The van der Waals surface area contributed by atoms with Crippen LogP contribution in [-0.4, -0.2) is 32.3 Å². The number of amides is 2. The second-order valence-electron chi connectivity index (χ2n) is 1.65. The van der Waals surface area contributed by atoms with E-state index in [1.165, 1.54) is 19.2 Å². The van der Waals surface area contributed by atoms with Crippen molar-refractivity contribution >= 4 is 6.03 Å². The van der Waals surface area contributed by atoms with Crippen LogP contribution in [0.1, 0.15) is 0 Å². The number of carbonyl (C=O) groups is 1. The summed E-state index contributed by atoms with van der Waals surface area (Å²) in [5.74, 6) is 0. The van der Waals surface area contributed by atoms with Gasteiger partial charge < -0.3 is 5.32 Å². The quantitative estimate of drug-likeness (QED) is 0.376. The molecule has 0 saturated heterocycles. The van der Waals surface area contributed by atoms with Gasteiger partial charge in [0, 0.05) is 14.1 Å². The van der Waals surface area contributed by atoms with Crippen molar-refractivity contribution in [3.63, 3.8) is 0 Å². The van der Waals surface area contributed by atoms with Crippen molar-refractivity contribution in [2.75, 3.05) is 21.1 Å². The van der Waals surface area contributed by atoms with Gasteiger partial charge in [0.1, 0.15) is 0 Å². The predicted molar refractivity (Wildman–Crippen MR) is 39.3 cm³/mol. The summed E-state index contributed by atoms with van der Waals surface area (Å²) < 4.78 is 0. The van der Waals surface area contributed by atoms with E-state index in [-0.39, 0.29) is 6.03 Å². The second-order valence-corrected chi connectivity index (χ2v) is 1.65. The molecule has 2 amide bonds. The van der Waals surface area contributed by atoms with Crippen LogP contribution >= 0.6 is 0 Å². The molecule has 0 aliphatic carbocycles. The van der Waals surface area contributed by atoms with Crippen molar-refractivity contribution < 1.29 is 4.79 Å². The predicted octanol–water partition coefficient (Wildman–Crippen LogP) is -0.736. The van der Waals surface area contributed by atoms with Crippen molar-refractivity contribution in [3.8, 4) is 0 Å². The lowest BCUT2D eigenvalue weighted by molar-refractivity contribution is 0.154. The molecule has 0 atom stereocenters. The first-order valence-electron chi connectivity index (χ1n) is 2.97. The van der Waals surface area contributed by atoms with Gasteiger partial charge in [-0.1, -0.05) is 5.22 Å². The summed E-state index contributed by atoms with van der Waals surface area (Å²) in [7, 11) is 4.62. The lowest BCUT2D eigenvalue weighted by Gasteiger charge is -2.14. The summed E-state index contributed by atoms with van der Waals surface area (Å²) in [5.41, 5.74) is 4.80. The molecule has 7 heteroatoms. The van der Waals surface area contributed by atoms with Gasteiger partial charge in [-0.25, -0.2) is 10.3 Å². The van der Waals surface area contributed by atoms with Crippen molar-refractivity contribution in [1.82, 2.24) is 21.4 Å². The van der Waals surface area contributed by atoms with Crippen LogP contribution < -0.4 is 16.3 Å². The minimum absolute atomic E-state index is 0.327. The van der Waals surface area contributed by atoms with Gasteiger partial charge in [-0.2, -0.15) is 5.11 Å². The highest BCUT2D eigenvalue weighted by atomic mass is 16.2. The maximum Gasteiger partial charge on any atom is 0.330 e. The van der Waals surface area contributed by atoms with E-state index in [1.807, 2.05) is 0 Å². The molecular weight excluding hydrogens is 148 g/mol. The molecule has 0 aromatic rings. The highest BCUT2D eigenvalue weighted by molar-refractivity contribution is 5.72. The summed E-state index contributed by atoms with van der Waals surface area (Å²) in [6.45, 7) is 0. The van der Waals surface area contributed by atoms with Crippen LogP contribution in [0.25, 0.3) is 0 Å². The van der Waals surface area contributed by atoms with E-state index in [9.17, 15) is 4.79 Å². The highest BCUT2D eigenvalue weighted by Crippen LogP contribution is 1.68. The van der Waals surface area contributed by atoms with E-state index in [1.54, 1.807) is 7.05 Å². The summed E-state index contributed by atoms with van der Waals surface area (Å²) in [5, 5.41) is 10.5. The fraction of sp³-hybridized carbons (Fsp3) is 0.750. The average molecular weight is 160 g/mol. The Morgan fingerprint density at radius 2 is 2.18 bits per heavy atom. The zero-order valence-corrected chi connectivity index (χ0v) is 6.75. The smallest absolute Gasteiger partial charge is 0.330 e. The Hall–Kier alpha value is -1.37. The number of nitrogens with one attached hydrogen (secondary N) is 3. The monoisotopic (exact) mass is 160 g/mol. The van der Waals surface area contributed by atoms with E-state index in [0.717, 1.165) is 0 Å². The van der Waals surface area contributed by atoms with E-state index < -0.39 is 0 Å². The second kappa shape index (κ2) is 5.42. The number of rotatable bonds is 3. The third kappa shape index (κ3) is 5.09. The molecular formula is C4H12N6O. The summed E-state index contributed by atoms with van der Waals surface area (Å²) >= 11 is 0. The third-order valence-electron chi connectivity index (χ3n) is 0.791. The van der Waals surface area contributed by atoms with Gasteiger partial charge in [0.2, 0.25) is 0 Å². The molecule has 0 spiro atoms. The molecule has 0 rings (SSSR count). The summed E-state index contributed by atoms with van der Waals surface area (Å²) in [4.78, 5) is 10.6. The number of nitrogens with zero attached hydrogens (tertiary/aromatic N) is 3. The minimum Gasteiger partial charge on any atom is -0.340 e. The SMILES string of the molecule is CN=NNN(C)NC(=O)NC. The Balaban J connectivity index is 3.51. The minimum atomic E-state index is -0.327. The Labute approximate surface area is 64.8 Å². The van der Waals surface area contributed by atoms with E-state index >= 15 is 0 Å². The van der Waals surface area contributed by atoms with Crippen LogP contribution in [-0.2, 0) is 0 Å². The number of carbonyl (C=O) groups excluding carboxylic acids is 1. The number of hydrogen-bond donors (Lipinski definition) is 3. The fourth-order valence-corrected chi connectivity index (χ4v) is 0.345. The van der Waals surface area contributed by atoms with Crippen LogP contribution in [0.4, 0.5) is 4.79 Å². The van der Waals surface area contributed by atoms with Crippen molar-refractivity contribution in [1.29, 1.82) is 0 Å². The normalized spacial score (nSPS) is 10.2. The Morgan fingerprint density at radius 1 is 1.55 bits per heavy atom. The molecule has 3 N–H and O–H groups in total. The molecule has 0 aliphatic rings. The summed E-state index contributed by atoms with van der Waals surface area (Å²) in [6, 6.07) is -0.327. The topological polar surface area (TPSA) is 81.1 Å².